The summed E-state index contributed by atoms with van der Waals surface area (Å²) in [5, 5.41) is 11.1. The van der Waals surface area contributed by atoms with Crippen molar-refractivity contribution >= 4 is 16.7 Å². The monoisotopic (exact) mass is 306 g/mol. The molecule has 2 aromatic carbocycles. The Morgan fingerprint density at radius 1 is 1.13 bits per heavy atom. The average molecular weight is 306 g/mol. The summed E-state index contributed by atoms with van der Waals surface area (Å²) in [6.45, 7) is 3.63. The van der Waals surface area contributed by atoms with Crippen molar-refractivity contribution in [2.45, 2.75) is 13.0 Å². The summed E-state index contributed by atoms with van der Waals surface area (Å²) >= 11 is 0. The first kappa shape index (κ1) is 14.0. The van der Waals surface area contributed by atoms with Crippen LogP contribution in [0, 0.1) is 6.92 Å². The van der Waals surface area contributed by atoms with Crippen LogP contribution in [0.4, 0.5) is 5.82 Å². The van der Waals surface area contributed by atoms with Crippen molar-refractivity contribution in [3.05, 3.63) is 48.0 Å². The van der Waals surface area contributed by atoms with Crippen molar-refractivity contribution in [3.63, 3.8) is 0 Å². The lowest BCUT2D eigenvalue weighted by Gasteiger charge is -2.38. The number of hydrogen-bond donors (Lipinski definition) is 2. The van der Waals surface area contributed by atoms with Crippen LogP contribution in [0.5, 0.6) is 5.75 Å². The van der Waals surface area contributed by atoms with Crippen molar-refractivity contribution in [1.29, 1.82) is 0 Å². The summed E-state index contributed by atoms with van der Waals surface area (Å²) in [7, 11) is 0. The van der Waals surface area contributed by atoms with E-state index in [1.807, 2.05) is 25.1 Å². The quantitative estimate of drug-likeness (QED) is 0.760. The zero-order valence-electron chi connectivity index (χ0n) is 12.9. The highest BCUT2D eigenvalue weighted by atomic mass is 16.3. The fourth-order valence-electron chi connectivity index (χ4n) is 2.93. The van der Waals surface area contributed by atoms with E-state index in [4.69, 9.17) is 10.7 Å². The Kier molecular flexibility index (Phi) is 3.16. The number of benzene rings is 2. The second kappa shape index (κ2) is 5.21. The van der Waals surface area contributed by atoms with E-state index in [0.29, 0.717) is 11.4 Å². The van der Waals surface area contributed by atoms with Crippen molar-refractivity contribution in [2.75, 3.05) is 18.0 Å². The van der Waals surface area contributed by atoms with Crippen molar-refractivity contribution in [1.82, 2.24) is 9.97 Å². The first-order chi connectivity index (χ1) is 11.1. The first-order valence-electron chi connectivity index (χ1n) is 7.69. The van der Waals surface area contributed by atoms with Gasteiger partial charge in [0.1, 0.15) is 11.6 Å². The number of hydrogen-bond acceptors (Lipinski definition) is 5. The van der Waals surface area contributed by atoms with Gasteiger partial charge in [-0.05, 0) is 36.8 Å². The van der Waals surface area contributed by atoms with Crippen LogP contribution in [-0.2, 0) is 0 Å². The number of phenolic OH excluding ortho intramolecular Hbond substituents is 1. The number of phenols is 1. The predicted molar refractivity (Wildman–Crippen MR) is 91.6 cm³/mol. The van der Waals surface area contributed by atoms with E-state index in [9.17, 15) is 5.11 Å². The fourth-order valence-corrected chi connectivity index (χ4v) is 2.93. The molecule has 3 aromatic rings. The Labute approximate surface area is 134 Å². The molecule has 0 unspecified atom stereocenters. The number of anilines is 1. The zero-order chi connectivity index (χ0) is 16.0. The predicted octanol–water partition coefficient (Wildman–Crippen LogP) is 2.46. The summed E-state index contributed by atoms with van der Waals surface area (Å²) in [6, 6.07) is 13.5. The van der Waals surface area contributed by atoms with E-state index < -0.39 is 0 Å². The summed E-state index contributed by atoms with van der Waals surface area (Å²) in [5.41, 5.74) is 8.59. The largest absolute Gasteiger partial charge is 0.507 e. The van der Waals surface area contributed by atoms with Gasteiger partial charge in [0.2, 0.25) is 0 Å². The number of nitrogens with two attached hydrogens (primary N) is 1. The second-order valence-electron chi connectivity index (χ2n) is 6.07. The SMILES string of the molecule is Cc1ccc2c(N3CC(N)C3)nc(-c3ccccc3O)nc2c1. The maximum atomic E-state index is 10.1. The third-order valence-corrected chi connectivity index (χ3v) is 4.19. The number of para-hydroxylation sites is 1. The molecule has 1 aromatic heterocycles. The number of nitrogens with zero attached hydrogens (tertiary/aromatic N) is 3. The van der Waals surface area contributed by atoms with Crippen LogP contribution >= 0.6 is 0 Å². The topological polar surface area (TPSA) is 75.3 Å². The minimum Gasteiger partial charge on any atom is -0.507 e. The van der Waals surface area contributed by atoms with Gasteiger partial charge in [0.15, 0.2) is 5.82 Å². The minimum absolute atomic E-state index is 0.186. The van der Waals surface area contributed by atoms with Gasteiger partial charge < -0.3 is 15.7 Å². The Morgan fingerprint density at radius 2 is 1.91 bits per heavy atom. The highest BCUT2D eigenvalue weighted by molar-refractivity contribution is 5.92. The van der Waals surface area contributed by atoms with Crippen LogP contribution in [-0.4, -0.2) is 34.2 Å². The second-order valence-corrected chi connectivity index (χ2v) is 6.07. The van der Waals surface area contributed by atoms with Gasteiger partial charge in [-0.1, -0.05) is 18.2 Å². The number of aromatic nitrogens is 2. The third kappa shape index (κ3) is 2.39. The molecule has 1 saturated heterocycles. The van der Waals surface area contributed by atoms with E-state index in [1.54, 1.807) is 12.1 Å². The molecule has 0 amide bonds. The van der Waals surface area contributed by atoms with Gasteiger partial charge in [0.25, 0.3) is 0 Å². The summed E-state index contributed by atoms with van der Waals surface area (Å²) < 4.78 is 0. The molecule has 0 saturated carbocycles. The molecule has 23 heavy (non-hydrogen) atoms. The van der Waals surface area contributed by atoms with Gasteiger partial charge in [-0.15, -0.1) is 0 Å². The molecule has 0 atom stereocenters. The molecule has 116 valence electrons. The highest BCUT2D eigenvalue weighted by Crippen LogP contribution is 2.33. The summed E-state index contributed by atoms with van der Waals surface area (Å²) in [6.07, 6.45) is 0. The molecule has 0 bridgehead atoms. The zero-order valence-corrected chi connectivity index (χ0v) is 12.9. The Morgan fingerprint density at radius 3 is 2.65 bits per heavy atom. The van der Waals surface area contributed by atoms with Crippen LogP contribution in [0.1, 0.15) is 5.56 Å². The number of rotatable bonds is 2. The van der Waals surface area contributed by atoms with Gasteiger partial charge >= 0.3 is 0 Å². The molecule has 4 rings (SSSR count). The number of fused-ring (bicyclic) bond motifs is 1. The minimum atomic E-state index is 0.186. The van der Waals surface area contributed by atoms with E-state index in [2.05, 4.69) is 22.0 Å². The smallest absolute Gasteiger partial charge is 0.165 e. The standard InChI is InChI=1S/C18H18N4O/c1-11-6-7-13-15(8-11)20-17(14-4-2-3-5-16(14)23)21-18(13)22-9-12(19)10-22/h2-8,12,23H,9-10,19H2,1H3. The van der Waals surface area contributed by atoms with Crippen molar-refractivity contribution in [2.24, 2.45) is 5.73 Å². The van der Waals surface area contributed by atoms with Crippen LogP contribution in [0.25, 0.3) is 22.3 Å². The van der Waals surface area contributed by atoms with Gasteiger partial charge in [-0.3, -0.25) is 0 Å². The lowest BCUT2D eigenvalue weighted by atomic mass is 10.1. The Bertz CT molecular complexity index is 887. The van der Waals surface area contributed by atoms with Crippen LogP contribution in [0.15, 0.2) is 42.5 Å². The van der Waals surface area contributed by atoms with Crippen LogP contribution < -0.4 is 10.6 Å². The molecule has 2 heterocycles. The molecule has 5 heteroatoms. The maximum Gasteiger partial charge on any atom is 0.165 e. The number of aryl methyl sites for hydroxylation is 1. The summed E-state index contributed by atoms with van der Waals surface area (Å²) in [5.74, 6) is 1.61. The average Bonchev–Trinajstić information content (AvgIpc) is 2.51. The molecule has 3 N–H and O–H groups in total. The van der Waals surface area contributed by atoms with Gasteiger partial charge in [0, 0.05) is 24.5 Å². The van der Waals surface area contributed by atoms with Crippen molar-refractivity contribution < 1.29 is 5.11 Å². The molecule has 0 spiro atoms. The molecule has 1 fully saturated rings. The first-order valence-corrected chi connectivity index (χ1v) is 7.69. The Hall–Kier alpha value is -2.66. The normalized spacial score (nSPS) is 15.0. The maximum absolute atomic E-state index is 10.1. The van der Waals surface area contributed by atoms with Gasteiger partial charge in [-0.25, -0.2) is 9.97 Å². The molecular formula is C18H18N4O. The van der Waals surface area contributed by atoms with E-state index >= 15 is 0 Å². The van der Waals surface area contributed by atoms with Gasteiger partial charge in [-0.2, -0.15) is 0 Å². The molecule has 1 aliphatic heterocycles. The van der Waals surface area contributed by atoms with Crippen molar-refractivity contribution in [3.8, 4) is 17.1 Å². The molecule has 5 nitrogen and oxygen atoms in total. The number of aromatic hydroxyl groups is 1. The fraction of sp³-hybridized carbons (Fsp3) is 0.222. The van der Waals surface area contributed by atoms with Crippen LogP contribution in [0.3, 0.4) is 0 Å². The third-order valence-electron chi connectivity index (χ3n) is 4.19. The van der Waals surface area contributed by atoms with E-state index in [-0.39, 0.29) is 11.8 Å². The highest BCUT2D eigenvalue weighted by Gasteiger charge is 2.27. The van der Waals surface area contributed by atoms with Gasteiger partial charge in [0.05, 0.1) is 11.1 Å². The molecule has 0 radical (unpaired) electrons. The molecular weight excluding hydrogens is 288 g/mol. The molecule has 1 aliphatic rings. The lowest BCUT2D eigenvalue weighted by molar-refractivity contribution is 0.477. The summed E-state index contributed by atoms with van der Waals surface area (Å²) in [4.78, 5) is 11.5. The van der Waals surface area contributed by atoms with Crippen LogP contribution in [0.2, 0.25) is 0 Å². The Balaban J connectivity index is 1.94. The van der Waals surface area contributed by atoms with E-state index in [0.717, 1.165) is 35.4 Å². The lowest BCUT2D eigenvalue weighted by Crippen LogP contribution is -2.56. The van der Waals surface area contributed by atoms with E-state index in [1.165, 1.54) is 0 Å². The molecule has 0 aliphatic carbocycles.